The summed E-state index contributed by atoms with van der Waals surface area (Å²) in [5, 5.41) is 0. The van der Waals surface area contributed by atoms with Gasteiger partial charge < -0.3 is 5.73 Å². The Hall–Kier alpha value is -1.08. The minimum atomic E-state index is 0.0675. The average molecular weight is 203 g/mol. The maximum absolute atomic E-state index is 6.13. The predicted octanol–water partition coefficient (Wildman–Crippen LogP) is 3.56. The topological polar surface area (TPSA) is 26.0 Å². The molecule has 1 aromatic rings. The van der Waals surface area contributed by atoms with Gasteiger partial charge >= 0.3 is 0 Å². The van der Waals surface area contributed by atoms with E-state index in [9.17, 15) is 0 Å². The first-order valence-corrected chi connectivity index (χ1v) is 5.42. The molecular formula is C14H21N. The van der Waals surface area contributed by atoms with Crippen LogP contribution in [0.5, 0.6) is 0 Å². The Morgan fingerprint density at radius 3 is 2.47 bits per heavy atom. The summed E-state index contributed by atoms with van der Waals surface area (Å²) < 4.78 is 0. The zero-order chi connectivity index (χ0) is 11.5. The summed E-state index contributed by atoms with van der Waals surface area (Å²) in [6.07, 6.45) is 2.71. The predicted molar refractivity (Wildman–Crippen MR) is 66.9 cm³/mol. The van der Waals surface area contributed by atoms with Crippen molar-refractivity contribution in [1.29, 1.82) is 0 Å². The fourth-order valence-electron chi connectivity index (χ4n) is 1.81. The third-order valence-electron chi connectivity index (χ3n) is 2.59. The van der Waals surface area contributed by atoms with Crippen molar-refractivity contribution < 1.29 is 0 Å². The van der Waals surface area contributed by atoms with Gasteiger partial charge in [0.1, 0.15) is 0 Å². The van der Waals surface area contributed by atoms with Gasteiger partial charge in [0.15, 0.2) is 0 Å². The monoisotopic (exact) mass is 203 g/mol. The minimum absolute atomic E-state index is 0.0675. The molecule has 0 aromatic heterocycles. The molecule has 0 aliphatic carbocycles. The van der Waals surface area contributed by atoms with Crippen LogP contribution in [-0.4, -0.2) is 0 Å². The van der Waals surface area contributed by atoms with Gasteiger partial charge in [-0.15, -0.1) is 6.58 Å². The third-order valence-corrected chi connectivity index (χ3v) is 2.59. The second kappa shape index (κ2) is 4.63. The number of rotatable bonds is 3. The number of hydrogen-bond donors (Lipinski definition) is 1. The Balaban J connectivity index is 3.12. The van der Waals surface area contributed by atoms with Crippen molar-refractivity contribution >= 4 is 0 Å². The van der Waals surface area contributed by atoms with Gasteiger partial charge in [0.05, 0.1) is 0 Å². The lowest BCUT2D eigenvalue weighted by Crippen LogP contribution is -2.19. The Morgan fingerprint density at radius 2 is 1.93 bits per heavy atom. The zero-order valence-corrected chi connectivity index (χ0v) is 9.96. The van der Waals surface area contributed by atoms with Crippen LogP contribution in [0.3, 0.4) is 0 Å². The molecular weight excluding hydrogens is 182 g/mol. The SMILES string of the molecule is C=CCC(N)c1ccccc1C(C)(C)C. The summed E-state index contributed by atoms with van der Waals surface area (Å²) in [5.41, 5.74) is 8.85. The maximum atomic E-state index is 6.13. The summed E-state index contributed by atoms with van der Waals surface area (Å²) in [6, 6.07) is 8.48. The number of nitrogens with two attached hydrogens (primary N) is 1. The largest absolute Gasteiger partial charge is 0.324 e. The smallest absolute Gasteiger partial charge is 0.0332 e. The van der Waals surface area contributed by atoms with Crippen LogP contribution in [0.2, 0.25) is 0 Å². The number of benzene rings is 1. The van der Waals surface area contributed by atoms with Crippen molar-refractivity contribution in [3.63, 3.8) is 0 Å². The van der Waals surface area contributed by atoms with Crippen LogP contribution in [0, 0.1) is 0 Å². The third kappa shape index (κ3) is 2.93. The van der Waals surface area contributed by atoms with E-state index in [1.165, 1.54) is 11.1 Å². The van der Waals surface area contributed by atoms with E-state index in [0.29, 0.717) is 0 Å². The molecule has 82 valence electrons. The zero-order valence-electron chi connectivity index (χ0n) is 9.96. The standard InChI is InChI=1S/C14H21N/c1-5-8-13(15)11-9-6-7-10-12(11)14(2,3)4/h5-7,9-10,13H,1,8,15H2,2-4H3. The normalized spacial score (nSPS) is 13.6. The molecule has 1 rings (SSSR count). The van der Waals surface area contributed by atoms with Gasteiger partial charge in [-0.2, -0.15) is 0 Å². The van der Waals surface area contributed by atoms with Crippen LogP contribution in [-0.2, 0) is 5.41 Å². The van der Waals surface area contributed by atoms with Crippen LogP contribution in [0.4, 0.5) is 0 Å². The van der Waals surface area contributed by atoms with Gasteiger partial charge in [-0.1, -0.05) is 51.1 Å². The molecule has 0 aliphatic heterocycles. The van der Waals surface area contributed by atoms with Gasteiger partial charge in [0.25, 0.3) is 0 Å². The average Bonchev–Trinajstić information content (AvgIpc) is 2.17. The molecule has 0 bridgehead atoms. The first-order chi connectivity index (χ1) is 6.96. The summed E-state index contributed by atoms with van der Waals surface area (Å²) in [5.74, 6) is 0. The molecule has 1 nitrogen and oxygen atoms in total. The van der Waals surface area contributed by atoms with E-state index in [1.54, 1.807) is 0 Å². The first-order valence-electron chi connectivity index (χ1n) is 5.42. The Bertz CT molecular complexity index is 333. The van der Waals surface area contributed by atoms with Crippen LogP contribution in [0.15, 0.2) is 36.9 Å². The van der Waals surface area contributed by atoms with E-state index in [-0.39, 0.29) is 11.5 Å². The molecule has 1 heteroatoms. The van der Waals surface area contributed by atoms with E-state index in [2.05, 4.69) is 45.5 Å². The lowest BCUT2D eigenvalue weighted by Gasteiger charge is -2.25. The maximum Gasteiger partial charge on any atom is 0.0332 e. The highest BCUT2D eigenvalue weighted by Gasteiger charge is 2.19. The molecule has 0 spiro atoms. The van der Waals surface area contributed by atoms with Gasteiger partial charge in [-0.3, -0.25) is 0 Å². The fraction of sp³-hybridized carbons (Fsp3) is 0.429. The Morgan fingerprint density at radius 1 is 1.33 bits per heavy atom. The van der Waals surface area contributed by atoms with Crippen molar-refractivity contribution in [2.75, 3.05) is 0 Å². The fourth-order valence-corrected chi connectivity index (χ4v) is 1.81. The van der Waals surface area contributed by atoms with Crippen LogP contribution in [0.1, 0.15) is 44.4 Å². The van der Waals surface area contributed by atoms with Crippen molar-refractivity contribution in [3.05, 3.63) is 48.0 Å². The molecule has 15 heavy (non-hydrogen) atoms. The van der Waals surface area contributed by atoms with Gasteiger partial charge in [-0.05, 0) is 23.0 Å². The van der Waals surface area contributed by atoms with E-state index in [4.69, 9.17) is 5.73 Å². The van der Waals surface area contributed by atoms with Crippen LogP contribution >= 0.6 is 0 Å². The molecule has 2 N–H and O–H groups in total. The van der Waals surface area contributed by atoms with Crippen molar-refractivity contribution in [1.82, 2.24) is 0 Å². The van der Waals surface area contributed by atoms with Crippen molar-refractivity contribution in [2.24, 2.45) is 5.73 Å². The lowest BCUT2D eigenvalue weighted by molar-refractivity contribution is 0.570. The first kappa shape index (κ1) is 12.0. The van der Waals surface area contributed by atoms with Crippen molar-refractivity contribution in [2.45, 2.75) is 38.6 Å². The minimum Gasteiger partial charge on any atom is -0.324 e. The molecule has 0 aliphatic rings. The molecule has 1 unspecified atom stereocenters. The summed E-state index contributed by atoms with van der Waals surface area (Å²) >= 11 is 0. The van der Waals surface area contributed by atoms with E-state index < -0.39 is 0 Å². The van der Waals surface area contributed by atoms with Gasteiger partial charge in [0, 0.05) is 6.04 Å². The summed E-state index contributed by atoms with van der Waals surface area (Å²) in [6.45, 7) is 10.4. The molecule has 0 fully saturated rings. The van der Waals surface area contributed by atoms with E-state index in [1.807, 2.05) is 12.1 Å². The molecule has 0 saturated heterocycles. The molecule has 0 amide bonds. The molecule has 0 heterocycles. The molecule has 1 atom stereocenters. The summed E-state index contributed by atoms with van der Waals surface area (Å²) in [7, 11) is 0. The second-order valence-corrected chi connectivity index (χ2v) is 4.97. The Kier molecular flexibility index (Phi) is 3.70. The highest BCUT2D eigenvalue weighted by Crippen LogP contribution is 2.29. The second-order valence-electron chi connectivity index (χ2n) is 4.97. The van der Waals surface area contributed by atoms with Gasteiger partial charge in [-0.25, -0.2) is 0 Å². The highest BCUT2D eigenvalue weighted by molar-refractivity contribution is 5.35. The van der Waals surface area contributed by atoms with Crippen LogP contribution < -0.4 is 5.73 Å². The molecule has 1 aromatic carbocycles. The van der Waals surface area contributed by atoms with Crippen LogP contribution in [0.25, 0.3) is 0 Å². The van der Waals surface area contributed by atoms with E-state index >= 15 is 0 Å². The Labute approximate surface area is 93.0 Å². The molecule has 0 radical (unpaired) electrons. The van der Waals surface area contributed by atoms with Crippen molar-refractivity contribution in [3.8, 4) is 0 Å². The van der Waals surface area contributed by atoms with E-state index in [0.717, 1.165) is 6.42 Å². The van der Waals surface area contributed by atoms with Gasteiger partial charge in [0.2, 0.25) is 0 Å². The number of hydrogen-bond acceptors (Lipinski definition) is 1. The highest BCUT2D eigenvalue weighted by atomic mass is 14.6. The summed E-state index contributed by atoms with van der Waals surface area (Å²) in [4.78, 5) is 0. The lowest BCUT2D eigenvalue weighted by atomic mass is 9.81. The molecule has 0 saturated carbocycles. The quantitative estimate of drug-likeness (QED) is 0.747.